The van der Waals surface area contributed by atoms with E-state index in [4.69, 9.17) is 45.8 Å². The molecule has 2 amide bonds. The van der Waals surface area contributed by atoms with Gasteiger partial charge in [-0.3, -0.25) is 29.1 Å². The lowest BCUT2D eigenvalue weighted by atomic mass is 9.93. The molecule has 0 aliphatic heterocycles. The number of halogens is 4. The third-order valence-electron chi connectivity index (χ3n) is 13.3. The van der Waals surface area contributed by atoms with E-state index >= 15 is 0 Å². The Bertz CT molecular complexity index is 3460. The van der Waals surface area contributed by atoms with E-state index in [0.717, 1.165) is 21.9 Å². The summed E-state index contributed by atoms with van der Waals surface area (Å²) in [5, 5.41) is 0.998. The Morgan fingerprint density at radius 2 is 0.910 bits per heavy atom. The Hall–Kier alpha value is -8.54. The Labute approximate surface area is 460 Å². The first-order valence-corrected chi connectivity index (χ1v) is 24.5. The molecule has 10 rings (SSSR count). The largest absolute Gasteiger partial charge is 0.493 e. The minimum absolute atomic E-state index is 0. The van der Waals surface area contributed by atoms with Crippen LogP contribution in [0.15, 0.2) is 146 Å². The molecule has 0 unspecified atom stereocenters. The van der Waals surface area contributed by atoms with Crippen LogP contribution in [0.5, 0.6) is 46.0 Å². The standard InChI is InChI=1S/C30H27FN2O5.C17H16N2O3.C12H11ClFNO2.ClH/c1-33(21-8-6-20(31)7-9-21)29(35)30(13-14-30)28(34)16-19-4-10-22(11-5-19)38-25-12-15-32-24-18-27(37-3)26(36-2)17-23(24)25;1-20-16-9-13-14(10-17(16)21-2)19-8-7-15(13)22-12-5-3-11(18)4-6-12;1-15(9-4-2-8(14)3-5-9)11(17)12(6-7-12)10(13)16;/h4-12,15,17-18H,13-14,16H2,1-3H3;3-10H,18H2,1-2H3;2-5H,6-7H2,1H3;1H. The van der Waals surface area contributed by atoms with Crippen LogP contribution in [0.4, 0.5) is 25.8 Å². The van der Waals surface area contributed by atoms with Crippen molar-refractivity contribution in [1.82, 2.24) is 9.97 Å². The van der Waals surface area contributed by atoms with Crippen molar-refractivity contribution in [3.8, 4) is 46.0 Å². The number of nitrogens with zero attached hydrogens (tertiary/aromatic N) is 4. The zero-order chi connectivity index (χ0) is 55.0. The van der Waals surface area contributed by atoms with Gasteiger partial charge in [0.05, 0.1) is 39.5 Å². The monoisotopic (exact) mass is 1100 g/mol. The van der Waals surface area contributed by atoms with Crippen LogP contribution in [-0.4, -0.2) is 75.3 Å². The zero-order valence-electron chi connectivity index (χ0n) is 43.4. The number of fused-ring (bicyclic) bond motifs is 2. The lowest BCUT2D eigenvalue weighted by molar-refractivity contribution is -0.134. The maximum Gasteiger partial charge on any atom is 0.241 e. The van der Waals surface area contributed by atoms with Gasteiger partial charge in [-0.25, -0.2) is 8.78 Å². The summed E-state index contributed by atoms with van der Waals surface area (Å²) in [5.74, 6) is 3.55. The molecule has 15 nitrogen and oxygen atoms in total. The van der Waals surface area contributed by atoms with Gasteiger partial charge in [0.15, 0.2) is 28.8 Å². The van der Waals surface area contributed by atoms with E-state index in [1.165, 1.54) is 58.3 Å². The second-order valence-electron chi connectivity index (χ2n) is 18.2. The third-order valence-corrected chi connectivity index (χ3v) is 13.7. The maximum absolute atomic E-state index is 13.3. The second-order valence-corrected chi connectivity index (χ2v) is 18.5. The van der Waals surface area contributed by atoms with Gasteiger partial charge in [0.2, 0.25) is 17.1 Å². The van der Waals surface area contributed by atoms with Crippen LogP contribution in [0.25, 0.3) is 21.8 Å². The number of aromatic nitrogens is 2. The second kappa shape index (κ2) is 24.6. The molecule has 2 heterocycles. The lowest BCUT2D eigenvalue weighted by Crippen LogP contribution is -2.39. The van der Waals surface area contributed by atoms with Crippen LogP contribution in [0.3, 0.4) is 0 Å². The number of methoxy groups -OCH3 is 4. The fraction of sp³-hybridized carbons (Fsp3) is 0.220. The highest BCUT2D eigenvalue weighted by atomic mass is 35.5. The number of nitrogen functional groups attached to an aromatic ring is 1. The SMILES string of the molecule is CN(C(=O)C1(C(=O)Cl)CC1)c1ccc(F)cc1.COc1cc2nccc(Oc3ccc(CC(=O)C4(C(=O)N(C)c5ccc(F)cc5)CC4)cc3)c2cc1OC.COc1cc2nccc(Oc3ccc(N)cc3)c2cc1OC.Cl. The number of rotatable bonds is 16. The van der Waals surface area contributed by atoms with Gasteiger partial charge in [-0.05, 0) is 152 Å². The number of hydrogen-bond donors (Lipinski definition) is 1. The molecule has 8 aromatic rings. The minimum atomic E-state index is -1.05. The van der Waals surface area contributed by atoms with Crippen molar-refractivity contribution in [1.29, 1.82) is 0 Å². The summed E-state index contributed by atoms with van der Waals surface area (Å²) in [6.07, 6.45) is 5.49. The van der Waals surface area contributed by atoms with E-state index < -0.39 is 16.1 Å². The van der Waals surface area contributed by atoms with E-state index in [1.54, 1.807) is 91.3 Å². The highest BCUT2D eigenvalue weighted by molar-refractivity contribution is 6.67. The number of pyridine rings is 2. The number of carbonyl (C=O) groups is 4. The fourth-order valence-electron chi connectivity index (χ4n) is 8.46. The molecule has 2 aliphatic carbocycles. The van der Waals surface area contributed by atoms with Gasteiger partial charge < -0.3 is 44.0 Å². The number of amides is 2. The van der Waals surface area contributed by atoms with Crippen LogP contribution in [-0.2, 0) is 25.6 Å². The lowest BCUT2D eigenvalue weighted by Gasteiger charge is -2.23. The molecular weight excluding hydrogens is 1050 g/mol. The number of ether oxygens (including phenoxy) is 6. The number of anilines is 3. The fourth-order valence-corrected chi connectivity index (χ4v) is 8.72. The van der Waals surface area contributed by atoms with Crippen molar-refractivity contribution in [3.63, 3.8) is 0 Å². The van der Waals surface area contributed by atoms with Crippen LogP contribution < -0.4 is 44.0 Å². The normalized spacial score (nSPS) is 13.1. The average Bonchev–Trinajstić information content (AvgIpc) is 4.44. The number of nitrogens with two attached hydrogens (primary N) is 1. The summed E-state index contributed by atoms with van der Waals surface area (Å²) in [7, 11) is 9.50. The molecule has 2 saturated carbocycles. The number of benzene rings is 6. The Morgan fingerprint density at radius 1 is 0.538 bits per heavy atom. The predicted molar refractivity (Wildman–Crippen MR) is 297 cm³/mol. The number of carbonyl (C=O) groups excluding carboxylic acids is 4. The Kier molecular flexibility index (Phi) is 18.1. The molecule has 2 fully saturated rings. The quantitative estimate of drug-likeness (QED) is 0.0549. The van der Waals surface area contributed by atoms with Crippen LogP contribution >= 0.6 is 24.0 Å². The Balaban J connectivity index is 0.000000186. The number of hydrogen-bond acceptors (Lipinski definition) is 13. The van der Waals surface area contributed by atoms with Crippen molar-refractivity contribution in [3.05, 3.63) is 163 Å². The molecule has 0 bridgehead atoms. The first-order valence-electron chi connectivity index (χ1n) is 24.2. The molecular formula is C59H55Cl2F2N5O10. The number of ketones is 1. The molecule has 2 N–H and O–H groups in total. The van der Waals surface area contributed by atoms with Crippen LogP contribution in [0.1, 0.15) is 31.2 Å². The highest BCUT2D eigenvalue weighted by Gasteiger charge is 2.58. The van der Waals surface area contributed by atoms with E-state index in [-0.39, 0.29) is 48.1 Å². The van der Waals surface area contributed by atoms with Crippen molar-refractivity contribution in [2.24, 2.45) is 10.8 Å². The third kappa shape index (κ3) is 12.7. The summed E-state index contributed by atoms with van der Waals surface area (Å²) in [6, 6.07) is 36.5. The Morgan fingerprint density at radius 3 is 1.28 bits per heavy atom. The van der Waals surface area contributed by atoms with Crippen molar-refractivity contribution < 1.29 is 56.4 Å². The van der Waals surface area contributed by atoms with Gasteiger partial charge in [0, 0.05) is 72.9 Å². The highest BCUT2D eigenvalue weighted by Crippen LogP contribution is 2.50. The summed E-state index contributed by atoms with van der Waals surface area (Å²) in [5.41, 5.74) is 7.66. The van der Waals surface area contributed by atoms with Gasteiger partial charge in [-0.1, -0.05) is 12.1 Å². The van der Waals surface area contributed by atoms with E-state index in [2.05, 4.69) is 9.97 Å². The van der Waals surface area contributed by atoms with Crippen molar-refractivity contribution in [2.45, 2.75) is 32.1 Å². The van der Waals surface area contributed by atoms with E-state index in [1.807, 2.05) is 48.5 Å². The smallest absolute Gasteiger partial charge is 0.241 e. The molecule has 19 heteroatoms. The first-order chi connectivity index (χ1) is 37.0. The first kappa shape index (κ1) is 57.2. The maximum atomic E-state index is 13.3. The van der Waals surface area contributed by atoms with Gasteiger partial charge in [-0.2, -0.15) is 0 Å². The van der Waals surface area contributed by atoms with Crippen LogP contribution in [0, 0.1) is 22.5 Å². The molecule has 404 valence electrons. The average molecular weight is 1100 g/mol. The minimum Gasteiger partial charge on any atom is -0.493 e. The van der Waals surface area contributed by atoms with E-state index in [9.17, 15) is 28.0 Å². The molecule has 0 atom stereocenters. The number of Topliss-reactive ketones (excluding diaryl/α,β-unsaturated/α-hetero) is 1. The molecule has 2 aromatic heterocycles. The summed E-state index contributed by atoms with van der Waals surface area (Å²) >= 11 is 5.44. The predicted octanol–water partition coefficient (Wildman–Crippen LogP) is 12.1. The van der Waals surface area contributed by atoms with Crippen LogP contribution in [0.2, 0.25) is 0 Å². The molecule has 0 radical (unpaired) electrons. The van der Waals surface area contributed by atoms with Crippen molar-refractivity contribution in [2.75, 3.05) is 58.1 Å². The molecule has 2 aliphatic rings. The summed E-state index contributed by atoms with van der Waals surface area (Å²) < 4.78 is 59.5. The van der Waals surface area contributed by atoms with Gasteiger partial charge in [0.25, 0.3) is 0 Å². The molecule has 78 heavy (non-hydrogen) atoms. The van der Waals surface area contributed by atoms with Crippen molar-refractivity contribution >= 4 is 85.7 Å². The molecule has 0 spiro atoms. The summed E-state index contributed by atoms with van der Waals surface area (Å²) in [6.45, 7) is 0. The zero-order valence-corrected chi connectivity index (χ0v) is 45.0. The topological polar surface area (TPSA) is 182 Å². The van der Waals surface area contributed by atoms with Gasteiger partial charge in [-0.15, -0.1) is 12.4 Å². The summed E-state index contributed by atoms with van der Waals surface area (Å²) in [4.78, 5) is 61.2. The molecule has 0 saturated heterocycles. The molecule has 6 aromatic carbocycles. The van der Waals surface area contributed by atoms with Gasteiger partial charge in [0.1, 0.15) is 45.5 Å². The van der Waals surface area contributed by atoms with Gasteiger partial charge >= 0.3 is 0 Å². The van der Waals surface area contributed by atoms with E-state index in [0.29, 0.717) is 94.3 Å².